The summed E-state index contributed by atoms with van der Waals surface area (Å²) >= 11 is 5.94. The minimum Gasteiger partial charge on any atom is -0.493 e. The number of pyridine rings is 1. The Morgan fingerprint density at radius 2 is 2.12 bits per heavy atom. The Balaban J connectivity index is 1.56. The van der Waals surface area contributed by atoms with E-state index in [2.05, 4.69) is 20.3 Å². The molecular weight excluding hydrogens is 357 g/mol. The van der Waals surface area contributed by atoms with Crippen molar-refractivity contribution in [1.29, 1.82) is 0 Å². The standard InChI is InChI=1S/C18H19ClFN5O/c1-11(21)13-9-12(20)3-5-15(13)26-8-2-7-22-18-17-14(23-10-24-18)4-6-16(19)25-17/h3-6,9-11H,2,7-8,21H2,1H3,(H,22,23,24)/t11-/m1/s1. The van der Waals surface area contributed by atoms with Crippen LogP contribution in [0.3, 0.4) is 0 Å². The van der Waals surface area contributed by atoms with Crippen LogP contribution in [0.25, 0.3) is 11.0 Å². The molecule has 3 aromatic rings. The minimum absolute atomic E-state index is 0.304. The van der Waals surface area contributed by atoms with Gasteiger partial charge in [0.25, 0.3) is 0 Å². The summed E-state index contributed by atoms with van der Waals surface area (Å²) in [7, 11) is 0. The summed E-state index contributed by atoms with van der Waals surface area (Å²) in [4.78, 5) is 12.6. The van der Waals surface area contributed by atoms with Gasteiger partial charge in [-0.15, -0.1) is 0 Å². The lowest BCUT2D eigenvalue weighted by Gasteiger charge is -2.14. The Hall–Kier alpha value is -2.51. The van der Waals surface area contributed by atoms with E-state index < -0.39 is 0 Å². The van der Waals surface area contributed by atoms with E-state index in [0.29, 0.717) is 47.4 Å². The number of nitrogens with two attached hydrogens (primary N) is 1. The second kappa shape index (κ2) is 8.25. The highest BCUT2D eigenvalue weighted by molar-refractivity contribution is 6.29. The molecule has 0 unspecified atom stereocenters. The number of hydrogen-bond donors (Lipinski definition) is 2. The lowest BCUT2D eigenvalue weighted by Crippen LogP contribution is -2.12. The van der Waals surface area contributed by atoms with Crippen LogP contribution in [-0.4, -0.2) is 28.1 Å². The number of benzene rings is 1. The molecule has 0 aliphatic carbocycles. The number of ether oxygens (including phenoxy) is 1. The molecule has 0 aliphatic rings. The summed E-state index contributed by atoms with van der Waals surface area (Å²) in [5.74, 6) is 0.894. The molecular formula is C18H19ClFN5O. The molecule has 0 bridgehead atoms. The zero-order valence-electron chi connectivity index (χ0n) is 14.2. The number of rotatable bonds is 7. The number of halogens is 2. The number of aromatic nitrogens is 3. The fourth-order valence-electron chi connectivity index (χ4n) is 2.51. The molecule has 0 amide bonds. The summed E-state index contributed by atoms with van der Waals surface area (Å²) in [5.41, 5.74) is 7.86. The van der Waals surface area contributed by atoms with E-state index in [1.54, 1.807) is 25.1 Å². The van der Waals surface area contributed by atoms with Crippen molar-refractivity contribution in [3.63, 3.8) is 0 Å². The van der Waals surface area contributed by atoms with Gasteiger partial charge in [0.2, 0.25) is 0 Å². The van der Waals surface area contributed by atoms with E-state index >= 15 is 0 Å². The Bertz CT molecular complexity index is 906. The van der Waals surface area contributed by atoms with Crippen molar-refractivity contribution in [2.75, 3.05) is 18.5 Å². The van der Waals surface area contributed by atoms with Gasteiger partial charge in [-0.1, -0.05) is 11.6 Å². The van der Waals surface area contributed by atoms with Crippen molar-refractivity contribution >= 4 is 28.5 Å². The van der Waals surface area contributed by atoms with Gasteiger partial charge in [0.05, 0.1) is 12.1 Å². The highest BCUT2D eigenvalue weighted by Gasteiger charge is 2.10. The van der Waals surface area contributed by atoms with Crippen molar-refractivity contribution in [3.05, 3.63) is 53.2 Å². The van der Waals surface area contributed by atoms with Gasteiger partial charge in [-0.25, -0.2) is 19.3 Å². The zero-order chi connectivity index (χ0) is 18.5. The number of anilines is 1. The molecule has 0 fully saturated rings. The monoisotopic (exact) mass is 375 g/mol. The molecule has 2 heterocycles. The summed E-state index contributed by atoms with van der Waals surface area (Å²) in [6, 6.07) is 7.55. The van der Waals surface area contributed by atoms with E-state index in [1.807, 2.05) is 0 Å². The summed E-state index contributed by atoms with van der Waals surface area (Å²) in [5, 5.41) is 3.60. The lowest BCUT2D eigenvalue weighted by molar-refractivity contribution is 0.309. The van der Waals surface area contributed by atoms with Crippen LogP contribution >= 0.6 is 11.6 Å². The van der Waals surface area contributed by atoms with Crippen LogP contribution in [0.1, 0.15) is 24.9 Å². The molecule has 6 nitrogen and oxygen atoms in total. The van der Waals surface area contributed by atoms with Gasteiger partial charge >= 0.3 is 0 Å². The highest BCUT2D eigenvalue weighted by atomic mass is 35.5. The number of hydrogen-bond acceptors (Lipinski definition) is 6. The van der Waals surface area contributed by atoms with Gasteiger partial charge in [0, 0.05) is 18.2 Å². The quantitative estimate of drug-likeness (QED) is 0.483. The van der Waals surface area contributed by atoms with Crippen molar-refractivity contribution in [2.24, 2.45) is 5.73 Å². The summed E-state index contributed by atoms with van der Waals surface area (Å²) < 4.78 is 19.1. The first-order chi connectivity index (χ1) is 12.5. The third kappa shape index (κ3) is 4.36. The molecule has 0 aliphatic heterocycles. The average Bonchev–Trinajstić information content (AvgIpc) is 2.62. The van der Waals surface area contributed by atoms with E-state index in [1.165, 1.54) is 18.5 Å². The van der Waals surface area contributed by atoms with Gasteiger partial charge in [-0.3, -0.25) is 0 Å². The number of nitrogens with zero attached hydrogens (tertiary/aromatic N) is 3. The van der Waals surface area contributed by atoms with Gasteiger partial charge in [0.15, 0.2) is 5.82 Å². The largest absolute Gasteiger partial charge is 0.493 e. The van der Waals surface area contributed by atoms with Crippen LogP contribution in [0.15, 0.2) is 36.7 Å². The third-order valence-electron chi connectivity index (χ3n) is 3.78. The topological polar surface area (TPSA) is 86.0 Å². The smallest absolute Gasteiger partial charge is 0.156 e. The Morgan fingerprint density at radius 1 is 1.27 bits per heavy atom. The number of fused-ring (bicyclic) bond motifs is 1. The van der Waals surface area contributed by atoms with Gasteiger partial charge in [0.1, 0.15) is 28.6 Å². The van der Waals surface area contributed by atoms with E-state index in [-0.39, 0.29) is 11.9 Å². The lowest BCUT2D eigenvalue weighted by atomic mass is 10.1. The molecule has 3 N–H and O–H groups in total. The first-order valence-electron chi connectivity index (χ1n) is 8.23. The zero-order valence-corrected chi connectivity index (χ0v) is 15.0. The van der Waals surface area contributed by atoms with Crippen LogP contribution in [0.4, 0.5) is 10.2 Å². The second-order valence-electron chi connectivity index (χ2n) is 5.82. The average molecular weight is 376 g/mol. The van der Waals surface area contributed by atoms with Crippen molar-refractivity contribution in [3.8, 4) is 5.75 Å². The maximum Gasteiger partial charge on any atom is 0.156 e. The molecule has 1 aromatic carbocycles. The molecule has 0 radical (unpaired) electrons. The maximum absolute atomic E-state index is 13.3. The fraction of sp³-hybridized carbons (Fsp3) is 0.278. The summed E-state index contributed by atoms with van der Waals surface area (Å²) in [6.45, 7) is 2.87. The minimum atomic E-state index is -0.326. The van der Waals surface area contributed by atoms with E-state index in [4.69, 9.17) is 22.1 Å². The van der Waals surface area contributed by atoms with Gasteiger partial charge < -0.3 is 15.8 Å². The van der Waals surface area contributed by atoms with Crippen molar-refractivity contribution in [1.82, 2.24) is 15.0 Å². The molecule has 0 spiro atoms. The van der Waals surface area contributed by atoms with Gasteiger partial charge in [-0.05, 0) is 43.7 Å². The predicted molar refractivity (Wildman–Crippen MR) is 99.9 cm³/mol. The predicted octanol–water partition coefficient (Wildman–Crippen LogP) is 3.72. The van der Waals surface area contributed by atoms with Crippen LogP contribution in [-0.2, 0) is 0 Å². The van der Waals surface area contributed by atoms with Crippen molar-refractivity contribution < 1.29 is 9.13 Å². The molecule has 2 aromatic heterocycles. The van der Waals surface area contributed by atoms with Crippen LogP contribution in [0, 0.1) is 5.82 Å². The second-order valence-corrected chi connectivity index (χ2v) is 6.21. The first-order valence-corrected chi connectivity index (χ1v) is 8.61. The van der Waals surface area contributed by atoms with Crippen LogP contribution in [0.5, 0.6) is 5.75 Å². The molecule has 0 saturated carbocycles. The Labute approximate surface area is 155 Å². The normalized spacial score (nSPS) is 12.2. The Morgan fingerprint density at radius 3 is 2.92 bits per heavy atom. The van der Waals surface area contributed by atoms with Crippen LogP contribution in [0.2, 0.25) is 5.15 Å². The molecule has 3 rings (SSSR count). The maximum atomic E-state index is 13.3. The number of nitrogens with one attached hydrogen (secondary N) is 1. The molecule has 8 heteroatoms. The Kier molecular flexibility index (Phi) is 5.80. The van der Waals surface area contributed by atoms with E-state index in [9.17, 15) is 4.39 Å². The molecule has 0 saturated heterocycles. The van der Waals surface area contributed by atoms with E-state index in [0.717, 1.165) is 5.52 Å². The van der Waals surface area contributed by atoms with Crippen LogP contribution < -0.4 is 15.8 Å². The SMILES string of the molecule is C[C@@H](N)c1cc(F)ccc1OCCCNc1ncnc2ccc(Cl)nc12. The first kappa shape index (κ1) is 18.3. The summed E-state index contributed by atoms with van der Waals surface area (Å²) in [6.07, 6.45) is 2.19. The van der Waals surface area contributed by atoms with Crippen molar-refractivity contribution in [2.45, 2.75) is 19.4 Å². The molecule has 26 heavy (non-hydrogen) atoms. The third-order valence-corrected chi connectivity index (χ3v) is 3.99. The molecule has 1 atom stereocenters. The molecule has 136 valence electrons. The highest BCUT2D eigenvalue weighted by Crippen LogP contribution is 2.25. The fourth-order valence-corrected chi connectivity index (χ4v) is 2.66. The van der Waals surface area contributed by atoms with Gasteiger partial charge in [-0.2, -0.15) is 0 Å².